The van der Waals surface area contributed by atoms with Gasteiger partial charge in [-0.3, -0.25) is 0 Å². The van der Waals surface area contributed by atoms with Gasteiger partial charge in [0.2, 0.25) is 0 Å². The van der Waals surface area contributed by atoms with E-state index < -0.39 is 0 Å². The van der Waals surface area contributed by atoms with E-state index in [1.54, 1.807) is 16.7 Å². The Balaban J connectivity index is 1.09. The fraction of sp³-hybridized carbons (Fsp3) is 0.286. The summed E-state index contributed by atoms with van der Waals surface area (Å²) in [5, 5.41) is 2.57. The van der Waals surface area contributed by atoms with Crippen LogP contribution in [0.3, 0.4) is 0 Å². The Morgan fingerprint density at radius 2 is 1.09 bits per heavy atom. The molecule has 0 aliphatic heterocycles. The van der Waals surface area contributed by atoms with E-state index in [0.717, 1.165) is 17.8 Å². The minimum absolute atomic E-state index is 0.102. The Morgan fingerprint density at radius 1 is 0.491 bits per heavy atom. The summed E-state index contributed by atoms with van der Waals surface area (Å²) in [7, 11) is 0. The molecule has 2 bridgehead atoms. The molecule has 3 fully saturated rings. The molecule has 12 rings (SSSR count). The van der Waals surface area contributed by atoms with Gasteiger partial charge in [-0.15, -0.1) is 0 Å². The summed E-state index contributed by atoms with van der Waals surface area (Å²) < 4.78 is 0. The average molecular weight is 738 g/mol. The SMILES string of the molecule is CCC1CC2CCCC(C1)C21c2ccccc2-c2cc(N(c3ccc4c(c3)C3(CCCC3)c3ccccc3-4)c3ccc(-c4ccccc4)c4ccccc34)ccc21. The fourth-order valence-electron chi connectivity index (χ4n) is 13.5. The van der Waals surface area contributed by atoms with Crippen molar-refractivity contribution >= 4 is 27.8 Å². The maximum absolute atomic E-state index is 2.62. The van der Waals surface area contributed by atoms with Gasteiger partial charge in [0.15, 0.2) is 0 Å². The van der Waals surface area contributed by atoms with Crippen LogP contribution in [0.5, 0.6) is 0 Å². The number of fused-ring (bicyclic) bond motifs is 9. The van der Waals surface area contributed by atoms with Crippen LogP contribution < -0.4 is 4.90 Å². The molecule has 5 aliphatic carbocycles. The van der Waals surface area contributed by atoms with Crippen molar-refractivity contribution in [3.8, 4) is 33.4 Å². The van der Waals surface area contributed by atoms with Crippen molar-refractivity contribution in [2.24, 2.45) is 17.8 Å². The summed E-state index contributed by atoms with van der Waals surface area (Å²) in [5.74, 6) is 2.29. The van der Waals surface area contributed by atoms with Crippen molar-refractivity contribution in [1.82, 2.24) is 0 Å². The lowest BCUT2D eigenvalue weighted by Crippen LogP contribution is -2.49. The first-order valence-corrected chi connectivity index (χ1v) is 22.0. The van der Waals surface area contributed by atoms with Crippen LogP contribution in [-0.4, -0.2) is 0 Å². The van der Waals surface area contributed by atoms with Gasteiger partial charge in [0.1, 0.15) is 0 Å². The zero-order valence-corrected chi connectivity index (χ0v) is 33.2. The third kappa shape index (κ3) is 4.69. The van der Waals surface area contributed by atoms with Gasteiger partial charge in [0, 0.05) is 27.6 Å². The molecule has 1 heteroatoms. The van der Waals surface area contributed by atoms with E-state index in [4.69, 9.17) is 0 Å². The lowest BCUT2D eigenvalue weighted by atomic mass is 9.49. The van der Waals surface area contributed by atoms with Crippen LogP contribution in [0.2, 0.25) is 0 Å². The minimum Gasteiger partial charge on any atom is -0.310 e. The molecule has 7 aromatic carbocycles. The Morgan fingerprint density at radius 3 is 1.86 bits per heavy atom. The van der Waals surface area contributed by atoms with E-state index in [0.29, 0.717) is 0 Å². The smallest absolute Gasteiger partial charge is 0.0540 e. The Labute approximate surface area is 338 Å². The number of hydrogen-bond acceptors (Lipinski definition) is 1. The number of hydrogen-bond donors (Lipinski definition) is 0. The zero-order valence-electron chi connectivity index (χ0n) is 33.2. The van der Waals surface area contributed by atoms with Crippen LogP contribution in [0.1, 0.15) is 93.4 Å². The Bertz CT molecular complexity index is 2680. The number of anilines is 3. The van der Waals surface area contributed by atoms with Crippen molar-refractivity contribution in [3.63, 3.8) is 0 Å². The molecular weight excluding hydrogens is 687 g/mol. The van der Waals surface area contributed by atoms with Crippen LogP contribution in [0.15, 0.2) is 152 Å². The Hall–Kier alpha value is -5.40. The summed E-state index contributed by atoms with van der Waals surface area (Å²) in [5.41, 5.74) is 18.6. The molecule has 5 aliphatic rings. The second-order valence-electron chi connectivity index (χ2n) is 18.2. The van der Waals surface area contributed by atoms with Gasteiger partial charge in [-0.1, -0.05) is 154 Å². The molecule has 280 valence electrons. The van der Waals surface area contributed by atoms with Crippen LogP contribution in [0.25, 0.3) is 44.2 Å². The summed E-state index contributed by atoms with van der Waals surface area (Å²) >= 11 is 0. The topological polar surface area (TPSA) is 3.24 Å². The summed E-state index contributed by atoms with van der Waals surface area (Å²) in [6, 6.07) is 58.8. The molecule has 0 N–H and O–H groups in total. The molecule has 0 amide bonds. The van der Waals surface area contributed by atoms with Gasteiger partial charge >= 0.3 is 0 Å². The highest BCUT2D eigenvalue weighted by Crippen LogP contribution is 2.66. The van der Waals surface area contributed by atoms with Gasteiger partial charge in [-0.05, 0) is 148 Å². The lowest BCUT2D eigenvalue weighted by molar-refractivity contribution is 0.0492. The Kier molecular flexibility index (Phi) is 7.57. The third-order valence-electron chi connectivity index (χ3n) is 15.8. The first kappa shape index (κ1) is 33.7. The lowest BCUT2D eigenvalue weighted by Gasteiger charge is -2.55. The molecule has 0 saturated heterocycles. The van der Waals surface area contributed by atoms with Gasteiger partial charge in [0.05, 0.1) is 5.69 Å². The highest BCUT2D eigenvalue weighted by atomic mass is 15.1. The second-order valence-corrected chi connectivity index (χ2v) is 18.2. The summed E-state index contributed by atoms with van der Waals surface area (Å²) in [4.78, 5) is 2.62. The molecular formula is C56H51N. The van der Waals surface area contributed by atoms with Crippen LogP contribution in [0, 0.1) is 17.8 Å². The molecule has 2 atom stereocenters. The van der Waals surface area contributed by atoms with E-state index >= 15 is 0 Å². The van der Waals surface area contributed by atoms with E-state index in [2.05, 4.69) is 163 Å². The zero-order chi connectivity index (χ0) is 37.7. The molecule has 1 nitrogen and oxygen atoms in total. The van der Waals surface area contributed by atoms with E-state index in [1.165, 1.54) is 131 Å². The largest absolute Gasteiger partial charge is 0.310 e. The van der Waals surface area contributed by atoms with Crippen molar-refractivity contribution in [2.45, 2.75) is 82.0 Å². The minimum atomic E-state index is 0.102. The molecule has 0 radical (unpaired) electrons. The molecule has 2 spiro atoms. The number of nitrogens with zero attached hydrogens (tertiary/aromatic N) is 1. The standard InChI is InChI=1S/C56H51N/c1-2-37-33-39-17-14-18-40(34-37)56(39)51-24-11-9-21-46(51)49-35-41(26-29-52(49)56)57(54-30-28-43(38-15-4-3-5-16-38)44-19-6-7-22-48(44)54)42-25-27-47-45-20-8-10-23-50(45)55(53(47)36-42)31-12-13-32-55/h3-11,15-16,19-30,35-37,39-40H,2,12-14,17-18,31-34H2,1H3. The molecule has 0 heterocycles. The van der Waals surface area contributed by atoms with Gasteiger partial charge in [-0.2, -0.15) is 0 Å². The predicted octanol–water partition coefficient (Wildman–Crippen LogP) is 15.3. The van der Waals surface area contributed by atoms with Gasteiger partial charge in [0.25, 0.3) is 0 Å². The van der Waals surface area contributed by atoms with Crippen LogP contribution >= 0.6 is 0 Å². The van der Waals surface area contributed by atoms with Crippen molar-refractivity contribution in [1.29, 1.82) is 0 Å². The fourth-order valence-corrected chi connectivity index (χ4v) is 13.5. The average Bonchev–Trinajstić information content (AvgIpc) is 3.94. The van der Waals surface area contributed by atoms with E-state index in [9.17, 15) is 0 Å². The van der Waals surface area contributed by atoms with E-state index in [1.807, 2.05) is 0 Å². The summed E-state index contributed by atoms with van der Waals surface area (Å²) in [6.45, 7) is 2.43. The monoisotopic (exact) mass is 737 g/mol. The van der Waals surface area contributed by atoms with Crippen LogP contribution in [0.4, 0.5) is 17.1 Å². The first-order chi connectivity index (χ1) is 28.2. The molecule has 3 saturated carbocycles. The molecule has 0 aromatic heterocycles. The molecule has 2 unspecified atom stereocenters. The molecule has 57 heavy (non-hydrogen) atoms. The second kappa shape index (κ2) is 12.8. The van der Waals surface area contributed by atoms with E-state index in [-0.39, 0.29) is 10.8 Å². The quantitative estimate of drug-likeness (QED) is 0.170. The van der Waals surface area contributed by atoms with Gasteiger partial charge < -0.3 is 4.90 Å². The molecule has 7 aromatic rings. The predicted molar refractivity (Wildman–Crippen MR) is 239 cm³/mol. The normalized spacial score (nSPS) is 23.4. The number of rotatable bonds is 5. The third-order valence-corrected chi connectivity index (χ3v) is 15.8. The highest BCUT2D eigenvalue weighted by molar-refractivity contribution is 6.06. The maximum atomic E-state index is 2.62. The van der Waals surface area contributed by atoms with Gasteiger partial charge in [-0.25, -0.2) is 0 Å². The first-order valence-electron chi connectivity index (χ1n) is 22.0. The number of benzene rings is 7. The highest BCUT2D eigenvalue weighted by Gasteiger charge is 2.57. The van der Waals surface area contributed by atoms with Crippen LogP contribution in [-0.2, 0) is 10.8 Å². The van der Waals surface area contributed by atoms with Crippen molar-refractivity contribution in [2.75, 3.05) is 4.90 Å². The van der Waals surface area contributed by atoms with Crippen molar-refractivity contribution < 1.29 is 0 Å². The maximum Gasteiger partial charge on any atom is 0.0540 e. The summed E-state index contributed by atoms with van der Waals surface area (Å²) in [6.07, 6.45) is 13.2. The van der Waals surface area contributed by atoms with Crippen molar-refractivity contribution in [3.05, 3.63) is 174 Å².